The van der Waals surface area contributed by atoms with Crippen LogP contribution in [0.4, 0.5) is 8.78 Å². The van der Waals surface area contributed by atoms with Crippen molar-refractivity contribution in [1.29, 1.82) is 0 Å². The fourth-order valence-corrected chi connectivity index (χ4v) is 2.16. The van der Waals surface area contributed by atoms with Gasteiger partial charge in [0.25, 0.3) is 5.92 Å². The normalized spacial score (nSPS) is 21.3. The lowest BCUT2D eigenvalue weighted by Crippen LogP contribution is -2.32. The largest absolute Gasteiger partial charge is 0.316 e. The Balaban J connectivity index is 2.04. The van der Waals surface area contributed by atoms with Crippen molar-refractivity contribution in [3.63, 3.8) is 0 Å². The fraction of sp³-hybridized carbons (Fsp3) is 0.500. The molecule has 2 rings (SSSR count). The highest BCUT2D eigenvalue weighted by Gasteiger charge is 2.40. The minimum atomic E-state index is -2.63. The van der Waals surface area contributed by atoms with Gasteiger partial charge in [-0.25, -0.2) is 8.78 Å². The van der Waals surface area contributed by atoms with Crippen molar-refractivity contribution >= 4 is 11.6 Å². The van der Waals surface area contributed by atoms with Gasteiger partial charge in [0.1, 0.15) is 0 Å². The third kappa shape index (κ3) is 2.71. The Morgan fingerprint density at radius 1 is 1.31 bits per heavy atom. The van der Waals surface area contributed by atoms with Gasteiger partial charge in [0.05, 0.1) is 0 Å². The Morgan fingerprint density at radius 2 is 2.00 bits per heavy atom. The van der Waals surface area contributed by atoms with Crippen LogP contribution in [0, 0.1) is 5.92 Å². The molecule has 1 aromatic carbocycles. The Morgan fingerprint density at radius 3 is 2.56 bits per heavy atom. The van der Waals surface area contributed by atoms with E-state index in [1.165, 1.54) is 0 Å². The topological polar surface area (TPSA) is 12.0 Å². The van der Waals surface area contributed by atoms with Crippen LogP contribution in [-0.4, -0.2) is 19.0 Å². The van der Waals surface area contributed by atoms with Gasteiger partial charge in [0.2, 0.25) is 0 Å². The molecule has 1 aliphatic heterocycles. The third-order valence-electron chi connectivity index (χ3n) is 3.01. The zero-order chi connectivity index (χ0) is 11.6. The minimum absolute atomic E-state index is 0.198. The second kappa shape index (κ2) is 4.68. The smallest absolute Gasteiger partial charge is 0.256 e. The highest BCUT2D eigenvalue weighted by atomic mass is 35.5. The first-order valence-corrected chi connectivity index (χ1v) is 5.79. The van der Waals surface area contributed by atoms with Crippen LogP contribution < -0.4 is 5.32 Å². The lowest BCUT2D eigenvalue weighted by molar-refractivity contribution is -0.0499. The third-order valence-corrected chi connectivity index (χ3v) is 3.26. The molecule has 0 spiro atoms. The van der Waals surface area contributed by atoms with Crippen LogP contribution in [-0.2, 0) is 6.42 Å². The summed E-state index contributed by atoms with van der Waals surface area (Å²) in [6.07, 6.45) is 0.358. The molecule has 0 saturated carbocycles. The molecule has 0 aromatic heterocycles. The molecule has 1 nitrogen and oxygen atoms in total. The van der Waals surface area contributed by atoms with Crippen LogP contribution in [0.5, 0.6) is 0 Å². The molecule has 0 radical (unpaired) electrons. The number of halogens is 3. The van der Waals surface area contributed by atoms with E-state index in [1.54, 1.807) is 24.3 Å². The Bertz CT molecular complexity index is 345. The molecule has 1 unspecified atom stereocenters. The van der Waals surface area contributed by atoms with Crippen molar-refractivity contribution < 1.29 is 8.78 Å². The van der Waals surface area contributed by atoms with Gasteiger partial charge in [0, 0.05) is 23.9 Å². The molecular formula is C12H14ClF2N. The summed E-state index contributed by atoms with van der Waals surface area (Å²) in [7, 11) is 0. The molecule has 1 saturated heterocycles. The molecule has 4 heteroatoms. The lowest BCUT2D eigenvalue weighted by Gasteiger charge is -2.22. The number of alkyl halides is 2. The van der Waals surface area contributed by atoms with E-state index in [2.05, 4.69) is 5.32 Å². The van der Waals surface area contributed by atoms with E-state index < -0.39 is 11.8 Å². The average molecular weight is 246 g/mol. The monoisotopic (exact) mass is 245 g/mol. The van der Waals surface area contributed by atoms with Gasteiger partial charge >= 0.3 is 0 Å². The number of rotatable bonds is 3. The van der Waals surface area contributed by atoms with Crippen LogP contribution in [0.3, 0.4) is 0 Å². The maximum Gasteiger partial charge on any atom is 0.256 e. The SMILES string of the molecule is FC(F)(Cc1ccc(Cl)cc1)C1CCNC1. The first-order chi connectivity index (χ1) is 7.58. The summed E-state index contributed by atoms with van der Waals surface area (Å²) >= 11 is 5.71. The Hall–Kier alpha value is -0.670. The molecule has 0 amide bonds. The van der Waals surface area contributed by atoms with Crippen LogP contribution >= 0.6 is 11.6 Å². The molecule has 1 atom stereocenters. The van der Waals surface area contributed by atoms with Gasteiger partial charge in [0.15, 0.2) is 0 Å². The van der Waals surface area contributed by atoms with Crippen molar-refractivity contribution in [3.05, 3.63) is 34.9 Å². The summed E-state index contributed by atoms with van der Waals surface area (Å²) in [4.78, 5) is 0. The Labute approximate surface area is 98.8 Å². The summed E-state index contributed by atoms with van der Waals surface area (Å²) in [6.45, 7) is 1.11. The van der Waals surface area contributed by atoms with E-state index in [9.17, 15) is 8.78 Å². The zero-order valence-corrected chi connectivity index (χ0v) is 9.61. The predicted molar refractivity (Wildman–Crippen MR) is 61.1 cm³/mol. The molecule has 1 heterocycles. The molecule has 0 bridgehead atoms. The van der Waals surface area contributed by atoms with E-state index in [0.717, 1.165) is 0 Å². The van der Waals surface area contributed by atoms with E-state index >= 15 is 0 Å². The number of hydrogen-bond donors (Lipinski definition) is 1. The maximum absolute atomic E-state index is 13.8. The predicted octanol–water partition coefficient (Wildman–Crippen LogP) is 3.13. The van der Waals surface area contributed by atoms with E-state index in [1.807, 2.05) is 0 Å². The summed E-state index contributed by atoms with van der Waals surface area (Å²) in [5.74, 6) is -3.17. The van der Waals surface area contributed by atoms with Gasteiger partial charge < -0.3 is 5.32 Å². The number of benzene rings is 1. The second-order valence-corrected chi connectivity index (χ2v) is 4.69. The second-order valence-electron chi connectivity index (χ2n) is 4.25. The molecular weight excluding hydrogens is 232 g/mol. The van der Waals surface area contributed by atoms with Crippen LogP contribution in [0.2, 0.25) is 5.02 Å². The van der Waals surface area contributed by atoms with Crippen LogP contribution in [0.25, 0.3) is 0 Å². The molecule has 1 aliphatic rings. The molecule has 1 N–H and O–H groups in total. The quantitative estimate of drug-likeness (QED) is 0.863. The highest BCUT2D eigenvalue weighted by molar-refractivity contribution is 6.30. The molecule has 0 aliphatic carbocycles. The Kier molecular flexibility index (Phi) is 3.45. The van der Waals surface area contributed by atoms with Crippen LogP contribution in [0.1, 0.15) is 12.0 Å². The zero-order valence-electron chi connectivity index (χ0n) is 8.85. The van der Waals surface area contributed by atoms with Gasteiger partial charge in [-0.1, -0.05) is 23.7 Å². The number of hydrogen-bond acceptors (Lipinski definition) is 1. The lowest BCUT2D eigenvalue weighted by atomic mass is 9.94. The molecule has 16 heavy (non-hydrogen) atoms. The summed E-state index contributed by atoms with van der Waals surface area (Å²) in [5, 5.41) is 3.55. The maximum atomic E-state index is 13.8. The van der Waals surface area contributed by atoms with Crippen molar-refractivity contribution in [3.8, 4) is 0 Å². The van der Waals surface area contributed by atoms with Crippen molar-refractivity contribution in [1.82, 2.24) is 5.32 Å². The number of nitrogens with one attached hydrogen (secondary N) is 1. The standard InChI is InChI=1S/C12H14ClF2N/c13-11-3-1-9(2-4-11)7-12(14,15)10-5-6-16-8-10/h1-4,10,16H,5-8H2. The first kappa shape index (κ1) is 11.8. The van der Waals surface area contributed by atoms with Gasteiger partial charge in [-0.05, 0) is 30.7 Å². The molecule has 88 valence electrons. The molecule has 1 aromatic rings. The minimum Gasteiger partial charge on any atom is -0.316 e. The fourth-order valence-electron chi connectivity index (χ4n) is 2.03. The summed E-state index contributed by atoms with van der Waals surface area (Å²) < 4.78 is 27.7. The van der Waals surface area contributed by atoms with E-state index in [4.69, 9.17) is 11.6 Å². The average Bonchev–Trinajstić information content (AvgIpc) is 2.75. The molecule has 1 fully saturated rings. The van der Waals surface area contributed by atoms with Gasteiger partial charge in [-0.15, -0.1) is 0 Å². The highest BCUT2D eigenvalue weighted by Crippen LogP contribution is 2.32. The van der Waals surface area contributed by atoms with Crippen molar-refractivity contribution in [2.75, 3.05) is 13.1 Å². The van der Waals surface area contributed by atoms with E-state index in [0.29, 0.717) is 30.1 Å². The van der Waals surface area contributed by atoms with Crippen LogP contribution in [0.15, 0.2) is 24.3 Å². The van der Waals surface area contributed by atoms with Gasteiger partial charge in [-0.3, -0.25) is 0 Å². The van der Waals surface area contributed by atoms with Gasteiger partial charge in [-0.2, -0.15) is 0 Å². The van der Waals surface area contributed by atoms with Crippen molar-refractivity contribution in [2.45, 2.75) is 18.8 Å². The van der Waals surface area contributed by atoms with Crippen molar-refractivity contribution in [2.24, 2.45) is 5.92 Å². The first-order valence-electron chi connectivity index (χ1n) is 5.41. The van der Waals surface area contributed by atoms with E-state index in [-0.39, 0.29) is 6.42 Å². The summed E-state index contributed by atoms with van der Waals surface area (Å²) in [5.41, 5.74) is 0.640. The summed E-state index contributed by atoms with van der Waals surface area (Å²) in [6, 6.07) is 6.64.